The zero-order chi connectivity index (χ0) is 11.7. The molecule has 3 nitrogen and oxygen atoms in total. The highest BCUT2D eigenvalue weighted by molar-refractivity contribution is 14.1. The van der Waals surface area contributed by atoms with Gasteiger partial charge in [0, 0.05) is 22.4 Å². The smallest absolute Gasteiger partial charge is 0.124 e. The van der Waals surface area contributed by atoms with E-state index in [1.54, 1.807) is 16.9 Å². The molecule has 2 rings (SSSR count). The fourth-order valence-electron chi connectivity index (χ4n) is 1.53. The molecule has 0 saturated carbocycles. The van der Waals surface area contributed by atoms with Crippen molar-refractivity contribution in [2.75, 3.05) is 0 Å². The van der Waals surface area contributed by atoms with E-state index in [9.17, 15) is 4.39 Å². The van der Waals surface area contributed by atoms with Crippen molar-refractivity contribution in [3.63, 3.8) is 0 Å². The molecule has 0 radical (unpaired) electrons. The Bertz CT molecular complexity index is 510. The molecule has 0 aliphatic heterocycles. The van der Waals surface area contributed by atoms with E-state index >= 15 is 0 Å². The second-order valence-corrected chi connectivity index (χ2v) is 4.75. The highest BCUT2D eigenvalue weighted by Crippen LogP contribution is 2.24. The monoisotopic (exact) mass is 331 g/mol. The maximum atomic E-state index is 13.0. The lowest BCUT2D eigenvalue weighted by Gasteiger charge is -2.11. The molecular formula is C11H11FIN3. The number of nitrogens with zero attached hydrogens (tertiary/aromatic N) is 2. The Kier molecular flexibility index (Phi) is 3.25. The average Bonchev–Trinajstić information content (AvgIpc) is 2.64. The van der Waals surface area contributed by atoms with Gasteiger partial charge in [0.25, 0.3) is 0 Å². The predicted molar refractivity (Wildman–Crippen MR) is 68.4 cm³/mol. The first-order valence-electron chi connectivity index (χ1n) is 4.77. The molecule has 0 saturated heterocycles. The molecule has 16 heavy (non-hydrogen) atoms. The number of hydrogen-bond acceptors (Lipinski definition) is 2. The predicted octanol–water partition coefficient (Wildman–Crippen LogP) is 2.21. The summed E-state index contributed by atoms with van der Waals surface area (Å²) in [6.07, 6.45) is 3.59. The Morgan fingerprint density at radius 1 is 1.50 bits per heavy atom. The average molecular weight is 331 g/mol. The van der Waals surface area contributed by atoms with Gasteiger partial charge in [-0.3, -0.25) is 4.68 Å². The summed E-state index contributed by atoms with van der Waals surface area (Å²) in [7, 11) is 1.84. The molecule has 2 N–H and O–H groups in total. The second-order valence-electron chi connectivity index (χ2n) is 3.59. The van der Waals surface area contributed by atoms with Crippen LogP contribution in [0.2, 0.25) is 0 Å². The van der Waals surface area contributed by atoms with Gasteiger partial charge in [-0.1, -0.05) is 6.07 Å². The van der Waals surface area contributed by atoms with E-state index in [0.29, 0.717) is 0 Å². The van der Waals surface area contributed by atoms with E-state index in [0.717, 1.165) is 14.7 Å². The number of aromatic nitrogens is 2. The molecule has 0 fully saturated rings. The van der Waals surface area contributed by atoms with Crippen molar-refractivity contribution in [1.82, 2.24) is 9.78 Å². The number of benzene rings is 1. The molecule has 5 heteroatoms. The molecule has 1 unspecified atom stereocenters. The van der Waals surface area contributed by atoms with Crippen molar-refractivity contribution in [1.29, 1.82) is 0 Å². The van der Waals surface area contributed by atoms with E-state index in [-0.39, 0.29) is 11.9 Å². The summed E-state index contributed by atoms with van der Waals surface area (Å²) < 4.78 is 15.5. The molecule has 0 aliphatic carbocycles. The second kappa shape index (κ2) is 4.50. The van der Waals surface area contributed by atoms with Crippen LogP contribution in [0.5, 0.6) is 0 Å². The number of rotatable bonds is 2. The van der Waals surface area contributed by atoms with E-state index in [1.807, 2.05) is 13.2 Å². The number of hydrogen-bond donors (Lipinski definition) is 1. The SMILES string of the molecule is Cn1cc(C(N)c2ccc(F)cc2I)cn1. The largest absolute Gasteiger partial charge is 0.320 e. The summed E-state index contributed by atoms with van der Waals surface area (Å²) in [5, 5.41) is 4.07. The van der Waals surface area contributed by atoms with Gasteiger partial charge in [0.05, 0.1) is 12.2 Å². The van der Waals surface area contributed by atoms with Gasteiger partial charge in [0.2, 0.25) is 0 Å². The van der Waals surface area contributed by atoms with E-state index in [1.165, 1.54) is 12.1 Å². The normalized spacial score (nSPS) is 12.8. The van der Waals surface area contributed by atoms with E-state index in [2.05, 4.69) is 27.7 Å². The summed E-state index contributed by atoms with van der Waals surface area (Å²) in [6.45, 7) is 0. The van der Waals surface area contributed by atoms with Gasteiger partial charge in [0.15, 0.2) is 0 Å². The fraction of sp³-hybridized carbons (Fsp3) is 0.182. The zero-order valence-electron chi connectivity index (χ0n) is 8.69. The lowest BCUT2D eigenvalue weighted by molar-refractivity contribution is 0.625. The zero-order valence-corrected chi connectivity index (χ0v) is 10.8. The minimum absolute atomic E-state index is 0.244. The summed E-state index contributed by atoms with van der Waals surface area (Å²) in [6, 6.07) is 4.36. The van der Waals surface area contributed by atoms with Gasteiger partial charge in [-0.15, -0.1) is 0 Å². The number of nitrogens with two attached hydrogens (primary N) is 1. The lowest BCUT2D eigenvalue weighted by Crippen LogP contribution is -2.12. The van der Waals surface area contributed by atoms with Crippen LogP contribution >= 0.6 is 22.6 Å². The summed E-state index contributed by atoms with van der Waals surface area (Å²) in [5.74, 6) is -0.244. The Balaban J connectivity index is 2.37. The fourth-order valence-corrected chi connectivity index (χ4v) is 2.35. The summed E-state index contributed by atoms with van der Waals surface area (Å²) in [5.41, 5.74) is 7.94. The Morgan fingerprint density at radius 2 is 2.25 bits per heavy atom. The Hall–Kier alpha value is -0.950. The summed E-state index contributed by atoms with van der Waals surface area (Å²) >= 11 is 2.09. The third-order valence-corrected chi connectivity index (χ3v) is 3.32. The Labute approximate surface area is 107 Å². The first-order valence-corrected chi connectivity index (χ1v) is 5.85. The van der Waals surface area contributed by atoms with Crippen LogP contribution in [0, 0.1) is 9.39 Å². The third kappa shape index (κ3) is 2.25. The van der Waals surface area contributed by atoms with Gasteiger partial charge >= 0.3 is 0 Å². The summed E-state index contributed by atoms with van der Waals surface area (Å²) in [4.78, 5) is 0. The topological polar surface area (TPSA) is 43.8 Å². The Morgan fingerprint density at radius 3 is 2.81 bits per heavy atom. The molecule has 84 valence electrons. The standard InChI is InChI=1S/C11H11FIN3/c1-16-6-7(5-15-16)11(14)9-3-2-8(12)4-10(9)13/h2-6,11H,14H2,1H3. The third-order valence-electron chi connectivity index (χ3n) is 2.38. The van der Waals surface area contributed by atoms with Crippen LogP contribution in [0.1, 0.15) is 17.2 Å². The van der Waals surface area contributed by atoms with Gasteiger partial charge in [-0.25, -0.2) is 4.39 Å². The van der Waals surface area contributed by atoms with Gasteiger partial charge < -0.3 is 5.73 Å². The lowest BCUT2D eigenvalue weighted by atomic mass is 10.0. The molecular weight excluding hydrogens is 320 g/mol. The minimum Gasteiger partial charge on any atom is -0.320 e. The van der Waals surface area contributed by atoms with Gasteiger partial charge in [0.1, 0.15) is 5.82 Å². The van der Waals surface area contributed by atoms with Crippen LogP contribution in [0.3, 0.4) is 0 Å². The van der Waals surface area contributed by atoms with Crippen molar-refractivity contribution in [3.05, 3.63) is 51.1 Å². The van der Waals surface area contributed by atoms with Crippen molar-refractivity contribution in [2.45, 2.75) is 6.04 Å². The van der Waals surface area contributed by atoms with Crippen LogP contribution < -0.4 is 5.73 Å². The van der Waals surface area contributed by atoms with Gasteiger partial charge in [-0.05, 0) is 40.3 Å². The van der Waals surface area contributed by atoms with Gasteiger partial charge in [-0.2, -0.15) is 5.10 Å². The number of aryl methyl sites for hydroxylation is 1. The van der Waals surface area contributed by atoms with E-state index < -0.39 is 0 Å². The van der Waals surface area contributed by atoms with Crippen LogP contribution in [-0.4, -0.2) is 9.78 Å². The molecule has 1 aromatic heterocycles. The molecule has 1 atom stereocenters. The van der Waals surface area contributed by atoms with Crippen LogP contribution in [0.25, 0.3) is 0 Å². The van der Waals surface area contributed by atoms with Crippen molar-refractivity contribution < 1.29 is 4.39 Å². The minimum atomic E-state index is -0.263. The van der Waals surface area contributed by atoms with E-state index in [4.69, 9.17) is 5.73 Å². The molecule has 0 spiro atoms. The first-order chi connectivity index (χ1) is 7.58. The van der Waals surface area contributed by atoms with Crippen LogP contribution in [-0.2, 0) is 7.05 Å². The van der Waals surface area contributed by atoms with Crippen molar-refractivity contribution in [2.24, 2.45) is 12.8 Å². The first kappa shape index (κ1) is 11.5. The van der Waals surface area contributed by atoms with Crippen LogP contribution in [0.4, 0.5) is 4.39 Å². The highest BCUT2D eigenvalue weighted by Gasteiger charge is 2.14. The molecule has 1 aromatic carbocycles. The quantitative estimate of drug-likeness (QED) is 0.858. The highest BCUT2D eigenvalue weighted by atomic mass is 127. The molecule has 0 aliphatic rings. The molecule has 2 aromatic rings. The number of halogens is 2. The van der Waals surface area contributed by atoms with Crippen molar-refractivity contribution >= 4 is 22.6 Å². The maximum absolute atomic E-state index is 13.0. The van der Waals surface area contributed by atoms with Crippen LogP contribution in [0.15, 0.2) is 30.6 Å². The maximum Gasteiger partial charge on any atom is 0.124 e. The molecule has 0 bridgehead atoms. The molecule has 1 heterocycles. The molecule has 0 amide bonds. The van der Waals surface area contributed by atoms with Crippen molar-refractivity contribution in [3.8, 4) is 0 Å².